The number of aromatic nitrogens is 1. The first kappa shape index (κ1) is 14.0. The molecule has 0 aliphatic carbocycles. The first-order valence-corrected chi connectivity index (χ1v) is 5.57. The van der Waals surface area contributed by atoms with E-state index in [9.17, 15) is 4.79 Å². The van der Waals surface area contributed by atoms with E-state index in [4.69, 9.17) is 19.6 Å². The molecule has 6 heteroatoms. The zero-order chi connectivity index (χ0) is 13.5. The summed E-state index contributed by atoms with van der Waals surface area (Å²) in [6.07, 6.45) is 0. The largest absolute Gasteiger partial charge is 0.481 e. The predicted molar refractivity (Wildman–Crippen MR) is 65.2 cm³/mol. The Balaban J connectivity index is 3.08. The highest BCUT2D eigenvalue weighted by molar-refractivity contribution is 5.95. The lowest BCUT2D eigenvalue weighted by Crippen LogP contribution is -2.12. The third-order valence-corrected chi connectivity index (χ3v) is 2.04. The SMILES string of the molecule is CCOC(=N)c1cc(C(=O)OCC)cc(OC)n1. The molecule has 0 unspecified atom stereocenters. The van der Waals surface area contributed by atoms with E-state index < -0.39 is 5.97 Å². The standard InChI is InChI=1S/C12H16N2O4/c1-4-17-11(13)9-6-8(12(15)18-5-2)7-10(14-9)16-3/h6-7,13H,4-5H2,1-3H3. The molecule has 0 spiro atoms. The maximum absolute atomic E-state index is 11.6. The van der Waals surface area contributed by atoms with Gasteiger partial charge >= 0.3 is 5.97 Å². The van der Waals surface area contributed by atoms with Gasteiger partial charge in [-0.15, -0.1) is 0 Å². The first-order chi connectivity index (χ1) is 8.62. The van der Waals surface area contributed by atoms with Gasteiger partial charge in [0, 0.05) is 6.07 Å². The van der Waals surface area contributed by atoms with Crippen LogP contribution in [0.1, 0.15) is 29.9 Å². The van der Waals surface area contributed by atoms with Crippen LogP contribution in [0.3, 0.4) is 0 Å². The molecule has 0 atom stereocenters. The van der Waals surface area contributed by atoms with Crippen molar-refractivity contribution < 1.29 is 19.0 Å². The van der Waals surface area contributed by atoms with Crippen LogP contribution in [0.2, 0.25) is 0 Å². The van der Waals surface area contributed by atoms with Gasteiger partial charge in [-0.2, -0.15) is 0 Å². The molecule has 98 valence electrons. The van der Waals surface area contributed by atoms with E-state index in [0.717, 1.165) is 0 Å². The fourth-order valence-electron chi connectivity index (χ4n) is 1.28. The number of carbonyl (C=O) groups is 1. The maximum Gasteiger partial charge on any atom is 0.338 e. The lowest BCUT2D eigenvalue weighted by molar-refractivity contribution is 0.0525. The van der Waals surface area contributed by atoms with Crippen molar-refractivity contribution in [1.29, 1.82) is 5.41 Å². The Bertz CT molecular complexity index is 409. The molecule has 18 heavy (non-hydrogen) atoms. The molecule has 6 nitrogen and oxygen atoms in total. The molecule has 0 aromatic carbocycles. The molecule has 0 fully saturated rings. The molecule has 0 saturated heterocycles. The maximum atomic E-state index is 11.6. The Labute approximate surface area is 105 Å². The van der Waals surface area contributed by atoms with Crippen molar-refractivity contribution >= 4 is 11.9 Å². The minimum absolute atomic E-state index is 0.109. The summed E-state index contributed by atoms with van der Waals surface area (Å²) in [6, 6.07) is 2.90. The molecule has 0 radical (unpaired) electrons. The summed E-state index contributed by atoms with van der Waals surface area (Å²) in [6.45, 7) is 4.12. The molecule has 0 amide bonds. The number of hydrogen-bond acceptors (Lipinski definition) is 6. The van der Waals surface area contributed by atoms with Crippen molar-refractivity contribution in [3.63, 3.8) is 0 Å². The van der Waals surface area contributed by atoms with Crippen LogP contribution in [-0.4, -0.2) is 37.2 Å². The van der Waals surface area contributed by atoms with Crippen LogP contribution in [0.5, 0.6) is 5.88 Å². The van der Waals surface area contributed by atoms with Gasteiger partial charge in [-0.25, -0.2) is 9.78 Å². The quantitative estimate of drug-likeness (QED) is 0.489. The van der Waals surface area contributed by atoms with Crippen LogP contribution < -0.4 is 4.74 Å². The molecule has 1 heterocycles. The second-order valence-corrected chi connectivity index (χ2v) is 3.27. The van der Waals surface area contributed by atoms with Crippen LogP contribution >= 0.6 is 0 Å². The van der Waals surface area contributed by atoms with Gasteiger partial charge in [0.1, 0.15) is 5.69 Å². The zero-order valence-corrected chi connectivity index (χ0v) is 10.6. The van der Waals surface area contributed by atoms with Crippen molar-refractivity contribution in [3.8, 4) is 5.88 Å². The Kier molecular flexibility index (Phi) is 5.10. The predicted octanol–water partition coefficient (Wildman–Crippen LogP) is 1.63. The molecule has 1 N–H and O–H groups in total. The monoisotopic (exact) mass is 252 g/mol. The lowest BCUT2D eigenvalue weighted by Gasteiger charge is -2.08. The van der Waals surface area contributed by atoms with Gasteiger partial charge in [0.25, 0.3) is 0 Å². The van der Waals surface area contributed by atoms with Crippen molar-refractivity contribution in [2.24, 2.45) is 0 Å². The van der Waals surface area contributed by atoms with Gasteiger partial charge in [0.15, 0.2) is 0 Å². The van der Waals surface area contributed by atoms with Gasteiger partial charge in [-0.1, -0.05) is 0 Å². The third-order valence-electron chi connectivity index (χ3n) is 2.04. The Hall–Kier alpha value is -2.11. The van der Waals surface area contributed by atoms with Crippen molar-refractivity contribution in [1.82, 2.24) is 4.98 Å². The second kappa shape index (κ2) is 6.58. The van der Waals surface area contributed by atoms with Crippen molar-refractivity contribution in [3.05, 3.63) is 23.4 Å². The van der Waals surface area contributed by atoms with Crippen LogP contribution in [0.15, 0.2) is 12.1 Å². The highest BCUT2D eigenvalue weighted by Crippen LogP contribution is 2.14. The molecule has 0 saturated carbocycles. The molecular weight excluding hydrogens is 236 g/mol. The summed E-state index contributed by atoms with van der Waals surface area (Å²) >= 11 is 0. The van der Waals surface area contributed by atoms with Crippen LogP contribution in [0.25, 0.3) is 0 Å². The second-order valence-electron chi connectivity index (χ2n) is 3.27. The van der Waals surface area contributed by atoms with Crippen LogP contribution in [0.4, 0.5) is 0 Å². The summed E-state index contributed by atoms with van der Waals surface area (Å²) in [5, 5.41) is 7.65. The summed E-state index contributed by atoms with van der Waals surface area (Å²) in [7, 11) is 1.44. The fraction of sp³-hybridized carbons (Fsp3) is 0.417. The highest BCUT2D eigenvalue weighted by atomic mass is 16.5. The van der Waals surface area contributed by atoms with E-state index >= 15 is 0 Å². The summed E-state index contributed by atoms with van der Waals surface area (Å²) < 4.78 is 14.9. The molecule has 0 bridgehead atoms. The molecule has 0 aliphatic rings. The van der Waals surface area contributed by atoms with E-state index in [1.165, 1.54) is 19.2 Å². The smallest absolute Gasteiger partial charge is 0.338 e. The van der Waals surface area contributed by atoms with E-state index in [1.807, 2.05) is 0 Å². The number of rotatable bonds is 5. The van der Waals surface area contributed by atoms with E-state index in [2.05, 4.69) is 4.98 Å². The number of hydrogen-bond donors (Lipinski definition) is 1. The van der Waals surface area contributed by atoms with Gasteiger partial charge in [0.2, 0.25) is 11.8 Å². The Morgan fingerprint density at radius 1 is 1.28 bits per heavy atom. The molecule has 1 aromatic heterocycles. The topological polar surface area (TPSA) is 81.5 Å². The summed E-state index contributed by atoms with van der Waals surface area (Å²) in [4.78, 5) is 15.7. The number of pyridine rings is 1. The van der Waals surface area contributed by atoms with Crippen molar-refractivity contribution in [2.45, 2.75) is 13.8 Å². The van der Waals surface area contributed by atoms with E-state index in [1.54, 1.807) is 13.8 Å². The number of esters is 1. The highest BCUT2D eigenvalue weighted by Gasteiger charge is 2.14. The van der Waals surface area contributed by atoms with Gasteiger partial charge in [0.05, 0.1) is 25.9 Å². The van der Waals surface area contributed by atoms with E-state index in [-0.39, 0.29) is 29.6 Å². The van der Waals surface area contributed by atoms with Crippen molar-refractivity contribution in [2.75, 3.05) is 20.3 Å². The lowest BCUT2D eigenvalue weighted by atomic mass is 10.2. The van der Waals surface area contributed by atoms with E-state index in [0.29, 0.717) is 6.61 Å². The van der Waals surface area contributed by atoms with Gasteiger partial charge < -0.3 is 14.2 Å². The van der Waals surface area contributed by atoms with Crippen LogP contribution in [-0.2, 0) is 9.47 Å². The number of nitrogens with one attached hydrogen (secondary N) is 1. The van der Waals surface area contributed by atoms with Gasteiger partial charge in [-0.3, -0.25) is 5.41 Å². The Morgan fingerprint density at radius 3 is 2.50 bits per heavy atom. The molecular formula is C12H16N2O4. The number of methoxy groups -OCH3 is 1. The van der Waals surface area contributed by atoms with Gasteiger partial charge in [-0.05, 0) is 19.9 Å². The molecule has 0 aliphatic heterocycles. The molecule has 1 rings (SSSR count). The number of nitrogens with zero attached hydrogens (tertiary/aromatic N) is 1. The average Bonchev–Trinajstić information content (AvgIpc) is 2.38. The average molecular weight is 252 g/mol. The number of ether oxygens (including phenoxy) is 3. The summed E-state index contributed by atoms with van der Waals surface area (Å²) in [5.41, 5.74) is 0.516. The first-order valence-electron chi connectivity index (χ1n) is 5.57. The zero-order valence-electron chi connectivity index (χ0n) is 10.6. The normalized spacial score (nSPS) is 9.72. The Morgan fingerprint density at radius 2 is 1.94 bits per heavy atom. The van der Waals surface area contributed by atoms with Crippen LogP contribution in [0, 0.1) is 5.41 Å². The summed E-state index contributed by atoms with van der Waals surface area (Å²) in [5.74, 6) is -0.356. The fourth-order valence-corrected chi connectivity index (χ4v) is 1.28. The molecule has 1 aromatic rings. The minimum atomic E-state index is -0.483. The third kappa shape index (κ3) is 3.44. The number of carbonyl (C=O) groups excluding carboxylic acids is 1. The minimum Gasteiger partial charge on any atom is -0.481 e.